The number of alkyl halides is 6. The molecular weight excluding hydrogens is 376 g/mol. The molecule has 2 rings (SSSR count). The Kier molecular flexibility index (Phi) is 5.94. The van der Waals surface area contributed by atoms with Crippen molar-refractivity contribution >= 4 is 5.78 Å². The van der Waals surface area contributed by atoms with Crippen LogP contribution in [0.2, 0.25) is 0 Å². The fourth-order valence-corrected chi connectivity index (χ4v) is 2.35. The molecule has 0 aliphatic carbocycles. The Labute approximate surface area is 150 Å². The molecule has 0 aliphatic heterocycles. The summed E-state index contributed by atoms with van der Waals surface area (Å²) < 4.78 is 75.6. The number of pyridine rings is 1. The molecule has 0 fully saturated rings. The van der Waals surface area contributed by atoms with Crippen LogP contribution in [0.3, 0.4) is 0 Å². The second kappa shape index (κ2) is 7.67. The molecule has 0 radical (unpaired) electrons. The second-order valence-corrected chi connectivity index (χ2v) is 6.05. The molecule has 27 heavy (non-hydrogen) atoms. The number of Topliss-reactive ketones (excluding diaryl/α,β-unsaturated/α-hetero) is 1. The van der Waals surface area contributed by atoms with Gasteiger partial charge in [-0.3, -0.25) is 9.78 Å². The Hall–Kier alpha value is -2.42. The molecule has 0 saturated carbocycles. The Morgan fingerprint density at radius 1 is 1.11 bits per heavy atom. The standard InChI is InChI=1S/C18H15F6NO2/c1-10-2-3-14(25-9-10)11-6-12(15(26)4-5-17(19,20)21)8-13(7-11)16(27)18(22,23)24/h2-3,6-9,16,27H,4-5H2,1H3. The summed E-state index contributed by atoms with van der Waals surface area (Å²) in [5.41, 5.74) is 0.106. The highest BCUT2D eigenvalue weighted by Gasteiger charge is 2.40. The number of carbonyl (C=O) groups is 1. The zero-order chi connectivity index (χ0) is 20.4. The Morgan fingerprint density at radius 3 is 2.30 bits per heavy atom. The molecule has 1 aromatic heterocycles. The fraction of sp³-hybridized carbons (Fsp3) is 0.333. The lowest BCUT2D eigenvalue weighted by molar-refractivity contribution is -0.206. The SMILES string of the molecule is Cc1ccc(-c2cc(C(=O)CCC(F)(F)F)cc(C(O)C(F)(F)F)c2)nc1. The van der Waals surface area contributed by atoms with E-state index in [1.54, 1.807) is 13.0 Å². The minimum atomic E-state index is -4.99. The van der Waals surface area contributed by atoms with Crippen molar-refractivity contribution in [3.05, 3.63) is 53.2 Å². The maximum Gasteiger partial charge on any atom is 0.418 e. The molecule has 1 heterocycles. The molecule has 0 bridgehead atoms. The zero-order valence-corrected chi connectivity index (χ0v) is 14.0. The number of nitrogens with zero attached hydrogens (tertiary/aromatic N) is 1. The first-order valence-corrected chi connectivity index (χ1v) is 7.79. The van der Waals surface area contributed by atoms with Crippen molar-refractivity contribution in [3.63, 3.8) is 0 Å². The van der Waals surface area contributed by atoms with E-state index in [9.17, 15) is 36.2 Å². The first-order chi connectivity index (χ1) is 12.4. The van der Waals surface area contributed by atoms with Crippen LogP contribution in [-0.2, 0) is 0 Å². The van der Waals surface area contributed by atoms with Crippen LogP contribution in [-0.4, -0.2) is 28.2 Å². The van der Waals surface area contributed by atoms with Crippen LogP contribution in [0.5, 0.6) is 0 Å². The number of aliphatic hydroxyl groups excluding tert-OH is 1. The van der Waals surface area contributed by atoms with Crippen LogP contribution in [0.4, 0.5) is 26.3 Å². The first-order valence-electron chi connectivity index (χ1n) is 7.79. The van der Waals surface area contributed by atoms with E-state index >= 15 is 0 Å². The van der Waals surface area contributed by atoms with Crippen LogP contribution in [0.25, 0.3) is 11.3 Å². The summed E-state index contributed by atoms with van der Waals surface area (Å²) in [5.74, 6) is -0.975. The van der Waals surface area contributed by atoms with Gasteiger partial charge in [-0.15, -0.1) is 0 Å². The number of ketones is 1. The summed E-state index contributed by atoms with van der Waals surface area (Å²) in [7, 11) is 0. The third-order valence-electron chi connectivity index (χ3n) is 3.75. The molecule has 146 valence electrons. The second-order valence-electron chi connectivity index (χ2n) is 6.05. The molecule has 0 aliphatic rings. The smallest absolute Gasteiger partial charge is 0.379 e. The van der Waals surface area contributed by atoms with Crippen molar-refractivity contribution in [1.29, 1.82) is 0 Å². The summed E-state index contributed by atoms with van der Waals surface area (Å²) in [5, 5.41) is 9.50. The molecule has 3 nitrogen and oxygen atoms in total. The van der Waals surface area contributed by atoms with E-state index in [4.69, 9.17) is 0 Å². The third-order valence-corrected chi connectivity index (χ3v) is 3.75. The van der Waals surface area contributed by atoms with Gasteiger partial charge in [0.25, 0.3) is 0 Å². The average molecular weight is 391 g/mol. The molecular formula is C18H15F6NO2. The molecule has 1 N–H and O–H groups in total. The number of rotatable bonds is 5. The van der Waals surface area contributed by atoms with Gasteiger partial charge < -0.3 is 5.11 Å². The number of hydrogen-bond acceptors (Lipinski definition) is 3. The highest BCUT2D eigenvalue weighted by atomic mass is 19.4. The van der Waals surface area contributed by atoms with Crippen molar-refractivity contribution in [2.75, 3.05) is 0 Å². The van der Waals surface area contributed by atoms with E-state index < -0.39 is 42.6 Å². The van der Waals surface area contributed by atoms with E-state index in [1.807, 2.05) is 0 Å². The summed E-state index contributed by atoms with van der Waals surface area (Å²) in [4.78, 5) is 16.1. The van der Waals surface area contributed by atoms with Crippen molar-refractivity contribution in [2.24, 2.45) is 0 Å². The number of aryl methyl sites for hydroxylation is 1. The summed E-state index contributed by atoms with van der Waals surface area (Å²) in [6.07, 6.45) is -13.3. The van der Waals surface area contributed by atoms with Crippen molar-refractivity contribution < 1.29 is 36.2 Å². The van der Waals surface area contributed by atoms with Gasteiger partial charge in [0.1, 0.15) is 0 Å². The van der Waals surface area contributed by atoms with Crippen molar-refractivity contribution in [2.45, 2.75) is 38.2 Å². The van der Waals surface area contributed by atoms with Crippen LogP contribution >= 0.6 is 0 Å². The van der Waals surface area contributed by atoms with Crippen LogP contribution in [0.15, 0.2) is 36.5 Å². The molecule has 0 saturated heterocycles. The predicted octanol–water partition coefficient (Wildman–Crippen LogP) is 5.18. The van der Waals surface area contributed by atoms with Gasteiger partial charge in [-0.2, -0.15) is 26.3 Å². The lowest BCUT2D eigenvalue weighted by Crippen LogP contribution is -2.20. The molecule has 1 aromatic carbocycles. The monoisotopic (exact) mass is 391 g/mol. The molecule has 2 aromatic rings. The van der Waals surface area contributed by atoms with Gasteiger partial charge in [0.2, 0.25) is 0 Å². The summed E-state index contributed by atoms with van der Waals surface area (Å²) in [6.45, 7) is 1.74. The van der Waals surface area contributed by atoms with E-state index in [0.717, 1.165) is 17.7 Å². The lowest BCUT2D eigenvalue weighted by atomic mass is 9.96. The van der Waals surface area contributed by atoms with E-state index in [0.29, 0.717) is 0 Å². The topological polar surface area (TPSA) is 50.2 Å². The van der Waals surface area contributed by atoms with Gasteiger partial charge in [0, 0.05) is 23.7 Å². The molecule has 1 atom stereocenters. The van der Waals surface area contributed by atoms with E-state index in [1.165, 1.54) is 18.3 Å². The number of benzene rings is 1. The Bertz CT molecular complexity index is 812. The maximum atomic E-state index is 12.9. The number of carbonyl (C=O) groups excluding carboxylic acids is 1. The van der Waals surface area contributed by atoms with Crippen molar-refractivity contribution in [3.8, 4) is 11.3 Å². The highest BCUT2D eigenvalue weighted by Crippen LogP contribution is 2.35. The molecule has 9 heteroatoms. The van der Waals surface area contributed by atoms with Crippen LogP contribution in [0, 0.1) is 6.92 Å². The first kappa shape index (κ1) is 20.9. The number of aromatic nitrogens is 1. The summed E-state index contributed by atoms with van der Waals surface area (Å²) >= 11 is 0. The minimum Gasteiger partial charge on any atom is -0.379 e. The minimum absolute atomic E-state index is 0.0890. The average Bonchev–Trinajstić information content (AvgIpc) is 2.57. The normalized spacial score (nSPS) is 13.5. The van der Waals surface area contributed by atoms with Gasteiger partial charge in [-0.1, -0.05) is 6.07 Å². The van der Waals surface area contributed by atoms with Gasteiger partial charge in [-0.05, 0) is 42.3 Å². The largest absolute Gasteiger partial charge is 0.418 e. The van der Waals surface area contributed by atoms with E-state index in [2.05, 4.69) is 4.98 Å². The number of halogens is 6. The van der Waals surface area contributed by atoms with Gasteiger partial charge in [-0.25, -0.2) is 0 Å². The van der Waals surface area contributed by atoms with Crippen molar-refractivity contribution in [1.82, 2.24) is 4.98 Å². The van der Waals surface area contributed by atoms with Gasteiger partial charge >= 0.3 is 12.4 Å². The number of aliphatic hydroxyl groups is 1. The van der Waals surface area contributed by atoms with E-state index in [-0.39, 0.29) is 16.8 Å². The van der Waals surface area contributed by atoms with Gasteiger partial charge in [0.05, 0.1) is 12.1 Å². The van der Waals surface area contributed by atoms with Crippen LogP contribution in [0.1, 0.15) is 40.4 Å². The summed E-state index contributed by atoms with van der Waals surface area (Å²) in [6, 6.07) is 6.08. The number of hydrogen-bond donors (Lipinski definition) is 1. The zero-order valence-electron chi connectivity index (χ0n) is 14.0. The third kappa shape index (κ3) is 5.78. The Morgan fingerprint density at radius 2 is 1.78 bits per heavy atom. The quantitative estimate of drug-likeness (QED) is 0.565. The van der Waals surface area contributed by atoms with Crippen LogP contribution < -0.4 is 0 Å². The highest BCUT2D eigenvalue weighted by molar-refractivity contribution is 5.97. The molecule has 0 spiro atoms. The Balaban J connectivity index is 2.47. The molecule has 1 unspecified atom stereocenters. The van der Waals surface area contributed by atoms with Gasteiger partial charge in [0.15, 0.2) is 11.9 Å². The fourth-order valence-electron chi connectivity index (χ4n) is 2.35. The predicted molar refractivity (Wildman–Crippen MR) is 85.0 cm³/mol. The molecule has 0 amide bonds. The lowest BCUT2D eigenvalue weighted by Gasteiger charge is -2.17. The maximum absolute atomic E-state index is 12.9.